The number of hydrogen-bond acceptors (Lipinski definition) is 3. The maximum Gasteiger partial charge on any atom is 0.160 e. The van der Waals surface area contributed by atoms with Gasteiger partial charge in [0.2, 0.25) is 0 Å². The molecular weight excluding hydrogens is 1680 g/mol. The van der Waals surface area contributed by atoms with E-state index >= 15 is 0 Å². The zero-order valence-corrected chi connectivity index (χ0v) is 75.2. The summed E-state index contributed by atoms with van der Waals surface area (Å²) in [6, 6.07) is 166. The van der Waals surface area contributed by atoms with Crippen molar-refractivity contribution in [2.75, 3.05) is 0 Å². The van der Waals surface area contributed by atoms with Crippen LogP contribution < -0.4 is 0 Å². The van der Waals surface area contributed by atoms with Crippen molar-refractivity contribution in [3.63, 3.8) is 0 Å². The van der Waals surface area contributed by atoms with Crippen molar-refractivity contribution in [2.45, 2.75) is 13.8 Å². The van der Waals surface area contributed by atoms with Gasteiger partial charge in [-0.2, -0.15) is 5.26 Å². The van der Waals surface area contributed by atoms with Crippen LogP contribution in [-0.2, 0) is 0 Å². The number of rotatable bonds is 11. The Balaban J connectivity index is 0.000000140. The molecule has 0 saturated carbocycles. The molecule has 0 radical (unpaired) electrons. The average molecular weight is 1760 g/mol. The molecule has 20 aromatic carbocycles. The molecule has 0 bridgehead atoms. The zero-order chi connectivity index (χ0) is 91.1. The van der Waals surface area contributed by atoms with E-state index in [9.17, 15) is 5.26 Å². The molecule has 0 aliphatic heterocycles. The standard InChI is InChI=1S/C71H46N6.C56H35N5/c1-45-41-65-68(55-32-18-20-34-61(55)74(65)49-25-11-4-12-26-49)70-66(45)57-43-52(36-39-62(57)77(70)51-29-15-6-16-30-51)75-63-40-38-54-53-31-17-19-33-60(53)76(50-27-13-5-14-28-50)69(54)67(63)56-37-35-48(42-64(56)75)59-44-58(46-21-7-2-8-22-46)72-71(73-59)47-23-9-3-10-24-47;1-35-31-51-54(43-22-12-14-24-47(43)58(51)37-15-5-2-6-16-37)56-52(35)45-33-40(26-29-48(45)61(56)39-19-9-4-10-20-39)59-49-30-28-42-41-21-11-13-23-46(41)60(38-17-7-3-8-18-38)55(42)53(49)44-27-25-36(34-57)32-50(44)59/h2-44H,1H3;2-33H,1H3. The molecule has 9 heterocycles. The molecule has 11 nitrogen and oxygen atoms in total. The van der Waals surface area contributed by atoms with E-state index in [4.69, 9.17) is 9.97 Å². The van der Waals surface area contributed by atoms with Gasteiger partial charge in [0, 0.05) is 148 Å². The minimum Gasteiger partial charge on any atom is -0.309 e. The summed E-state index contributed by atoms with van der Waals surface area (Å²) >= 11 is 0. The number of para-hydroxylation sites is 10. The fraction of sp³-hybridized carbons (Fsp3) is 0.0157. The second-order valence-electron chi connectivity index (χ2n) is 36.3. The number of aryl methyl sites for hydroxylation is 2. The maximum atomic E-state index is 10.3. The van der Waals surface area contributed by atoms with E-state index in [1.807, 2.05) is 18.2 Å². The van der Waals surface area contributed by atoms with Crippen molar-refractivity contribution in [1.82, 2.24) is 46.5 Å². The molecule has 644 valence electrons. The molecule has 0 N–H and O–H groups in total. The molecule has 138 heavy (non-hydrogen) atoms. The molecule has 0 atom stereocenters. The van der Waals surface area contributed by atoms with Crippen molar-refractivity contribution < 1.29 is 0 Å². The second-order valence-corrected chi connectivity index (χ2v) is 36.3. The van der Waals surface area contributed by atoms with Gasteiger partial charge < -0.3 is 36.5 Å². The first kappa shape index (κ1) is 78.1. The predicted molar refractivity (Wildman–Crippen MR) is 574 cm³/mol. The quantitative estimate of drug-likeness (QED) is 0.129. The van der Waals surface area contributed by atoms with Crippen molar-refractivity contribution >= 4 is 174 Å². The molecular formula is C127H81N11. The highest BCUT2D eigenvalue weighted by Crippen LogP contribution is 2.51. The first-order valence-electron chi connectivity index (χ1n) is 47.1. The summed E-state index contributed by atoms with van der Waals surface area (Å²) < 4.78 is 19.6. The molecule has 0 spiro atoms. The van der Waals surface area contributed by atoms with Crippen LogP contribution in [0.2, 0.25) is 0 Å². The lowest BCUT2D eigenvalue weighted by Crippen LogP contribution is -1.97. The lowest BCUT2D eigenvalue weighted by Gasteiger charge is -2.12. The molecule has 0 unspecified atom stereocenters. The fourth-order valence-corrected chi connectivity index (χ4v) is 23.0. The Hall–Kier alpha value is -18.6. The highest BCUT2D eigenvalue weighted by atomic mass is 15.1. The van der Waals surface area contributed by atoms with E-state index < -0.39 is 0 Å². The van der Waals surface area contributed by atoms with Crippen molar-refractivity contribution in [2.24, 2.45) is 0 Å². The Kier molecular flexibility index (Phi) is 17.4. The first-order chi connectivity index (χ1) is 68.3. The summed E-state index contributed by atoms with van der Waals surface area (Å²) in [7, 11) is 0. The highest BCUT2D eigenvalue weighted by Gasteiger charge is 2.30. The van der Waals surface area contributed by atoms with Crippen molar-refractivity contribution in [3.05, 3.63) is 472 Å². The lowest BCUT2D eigenvalue weighted by molar-refractivity contribution is 1.16. The fourth-order valence-electron chi connectivity index (χ4n) is 23.0. The minimum atomic E-state index is 0.631. The van der Waals surface area contributed by atoms with Gasteiger partial charge in [-0.05, 0) is 207 Å². The predicted octanol–water partition coefficient (Wildman–Crippen LogP) is 32.4. The maximum absolute atomic E-state index is 10.3. The van der Waals surface area contributed by atoms with E-state index in [0.717, 1.165) is 134 Å². The number of nitriles is 1. The Morgan fingerprint density at radius 2 is 0.478 bits per heavy atom. The molecule has 0 aliphatic rings. The Morgan fingerprint density at radius 3 is 0.891 bits per heavy atom. The van der Waals surface area contributed by atoms with Crippen LogP contribution in [0.15, 0.2) is 455 Å². The van der Waals surface area contributed by atoms with Gasteiger partial charge in [-0.25, -0.2) is 9.97 Å². The normalized spacial score (nSPS) is 12.0. The number of benzene rings is 20. The average Bonchev–Trinajstić information content (AvgIpc) is 1.51. The van der Waals surface area contributed by atoms with Crippen molar-refractivity contribution in [1.29, 1.82) is 5.26 Å². The third kappa shape index (κ3) is 11.6. The molecule has 11 heteroatoms. The molecule has 0 amide bonds. The SMILES string of the molecule is Cc1cc2c(c3ccccc3n2-c2ccccc2)c2c1c1cc(-n3c4cc(-c5cc(-c6ccccc6)nc(-c6ccccc6)n5)ccc4c4c3ccc3c5ccccc5n(-c5ccccc5)c34)ccc1n2-c1ccccc1.Cc1cc2c(c3ccccc3n2-c2ccccc2)c2c1c1cc(-n3c4cc(C#N)ccc4c4c3ccc3c5ccccc5n(-c5ccccc5)c34)ccc1n2-c1ccccc1. The van der Waals surface area contributed by atoms with Gasteiger partial charge in [0.15, 0.2) is 5.82 Å². The molecule has 29 rings (SSSR count). The van der Waals surface area contributed by atoms with Crippen LogP contribution in [0.4, 0.5) is 0 Å². The monoisotopic (exact) mass is 1760 g/mol. The van der Waals surface area contributed by atoms with Gasteiger partial charge in [-0.1, -0.05) is 273 Å². The van der Waals surface area contributed by atoms with Crippen LogP contribution in [-0.4, -0.2) is 46.5 Å². The topological polar surface area (TPSA) is 89.0 Å². The van der Waals surface area contributed by atoms with Gasteiger partial charge >= 0.3 is 0 Å². The summed E-state index contributed by atoms with van der Waals surface area (Å²) in [5.41, 5.74) is 35.1. The Bertz CT molecular complexity index is 10100. The largest absolute Gasteiger partial charge is 0.309 e. The third-order valence-electron chi connectivity index (χ3n) is 28.7. The van der Waals surface area contributed by atoms with Crippen LogP contribution in [0.5, 0.6) is 0 Å². The summed E-state index contributed by atoms with van der Waals surface area (Å²) in [5, 5.41) is 29.5. The number of nitrogens with zero attached hydrogens (tertiary/aromatic N) is 11. The van der Waals surface area contributed by atoms with Crippen LogP contribution >= 0.6 is 0 Å². The number of hydrogen-bond donors (Lipinski definition) is 0. The smallest absolute Gasteiger partial charge is 0.160 e. The Morgan fingerprint density at radius 1 is 0.181 bits per heavy atom. The highest BCUT2D eigenvalue weighted by molar-refractivity contribution is 6.32. The molecule has 9 aromatic heterocycles. The van der Waals surface area contributed by atoms with Gasteiger partial charge in [0.1, 0.15) is 0 Å². The second kappa shape index (κ2) is 30.7. The molecule has 0 aliphatic carbocycles. The first-order valence-corrected chi connectivity index (χ1v) is 47.1. The summed E-state index contributed by atoms with van der Waals surface area (Å²) in [6.07, 6.45) is 0. The van der Waals surface area contributed by atoms with Gasteiger partial charge in [-0.15, -0.1) is 0 Å². The van der Waals surface area contributed by atoms with Crippen LogP contribution in [0.25, 0.3) is 254 Å². The van der Waals surface area contributed by atoms with E-state index in [1.165, 1.54) is 125 Å². The molecule has 29 aromatic rings. The number of fused-ring (bicyclic) bond motifs is 28. The van der Waals surface area contributed by atoms with E-state index in [1.54, 1.807) is 0 Å². The number of aromatic nitrogens is 10. The summed E-state index contributed by atoms with van der Waals surface area (Å²) in [4.78, 5) is 10.5. The molecule has 0 fully saturated rings. The van der Waals surface area contributed by atoms with Crippen molar-refractivity contribution in [3.8, 4) is 85.5 Å². The van der Waals surface area contributed by atoms with Gasteiger partial charge in [-0.3, -0.25) is 0 Å². The Labute approximate surface area is 791 Å². The zero-order valence-electron chi connectivity index (χ0n) is 75.2. The van der Waals surface area contributed by atoms with E-state index in [-0.39, 0.29) is 0 Å². The van der Waals surface area contributed by atoms with Gasteiger partial charge in [0.25, 0.3) is 0 Å². The van der Waals surface area contributed by atoms with E-state index in [2.05, 4.69) is 493 Å². The van der Waals surface area contributed by atoms with Gasteiger partial charge in [0.05, 0.1) is 111 Å². The summed E-state index contributed by atoms with van der Waals surface area (Å²) in [5.74, 6) is 0.688. The lowest BCUT2D eigenvalue weighted by atomic mass is 10.0. The van der Waals surface area contributed by atoms with Crippen LogP contribution in [0, 0.1) is 25.2 Å². The molecule has 0 saturated heterocycles. The third-order valence-corrected chi connectivity index (χ3v) is 28.7. The van der Waals surface area contributed by atoms with Crippen LogP contribution in [0.1, 0.15) is 16.7 Å². The van der Waals surface area contributed by atoms with Crippen LogP contribution in [0.3, 0.4) is 0 Å². The minimum absolute atomic E-state index is 0.631. The summed E-state index contributed by atoms with van der Waals surface area (Å²) in [6.45, 7) is 4.55. The van der Waals surface area contributed by atoms with E-state index in [0.29, 0.717) is 11.4 Å².